The van der Waals surface area contributed by atoms with Gasteiger partial charge < -0.3 is 19.9 Å². The molecule has 2 aromatic carbocycles. The van der Waals surface area contributed by atoms with Crippen LogP contribution in [0.3, 0.4) is 0 Å². The fourth-order valence-corrected chi connectivity index (χ4v) is 3.40. The van der Waals surface area contributed by atoms with Gasteiger partial charge in [-0.15, -0.1) is 0 Å². The summed E-state index contributed by atoms with van der Waals surface area (Å²) in [6, 6.07) is 13.3. The molecule has 1 aliphatic heterocycles. The molecule has 2 amide bonds. The fourth-order valence-electron chi connectivity index (χ4n) is 3.40. The van der Waals surface area contributed by atoms with Crippen LogP contribution < -0.4 is 15.0 Å². The van der Waals surface area contributed by atoms with Crippen molar-refractivity contribution in [1.29, 1.82) is 0 Å². The van der Waals surface area contributed by atoms with Gasteiger partial charge in [-0.3, -0.25) is 9.59 Å². The zero-order valence-corrected chi connectivity index (χ0v) is 15.1. The molecule has 4 rings (SSSR count). The Bertz CT molecular complexity index is 1010. The molecule has 3 aromatic rings. The van der Waals surface area contributed by atoms with Gasteiger partial charge in [-0.2, -0.15) is 0 Å². The normalized spacial score (nSPS) is 13.4. The van der Waals surface area contributed by atoms with Gasteiger partial charge in [0, 0.05) is 29.3 Å². The fraction of sp³-hybridized carbons (Fsp3) is 0.238. The second-order valence-electron chi connectivity index (χ2n) is 6.60. The smallest absolute Gasteiger partial charge is 0.265 e. The van der Waals surface area contributed by atoms with Crippen LogP contribution in [-0.4, -0.2) is 29.9 Å². The highest BCUT2D eigenvalue weighted by atomic mass is 16.5. The van der Waals surface area contributed by atoms with E-state index in [2.05, 4.69) is 10.3 Å². The third-order valence-electron chi connectivity index (χ3n) is 4.66. The average Bonchev–Trinajstić information content (AvgIpc) is 3.07. The molecule has 0 radical (unpaired) electrons. The molecule has 1 aromatic heterocycles. The number of aromatic nitrogens is 1. The summed E-state index contributed by atoms with van der Waals surface area (Å²) >= 11 is 0. The van der Waals surface area contributed by atoms with Crippen molar-refractivity contribution in [1.82, 2.24) is 4.98 Å². The summed E-state index contributed by atoms with van der Waals surface area (Å²) in [5.74, 6) is 0.495. The molecule has 0 atom stereocenters. The van der Waals surface area contributed by atoms with Crippen LogP contribution in [0.1, 0.15) is 18.9 Å². The zero-order chi connectivity index (χ0) is 18.8. The first-order chi connectivity index (χ1) is 13.2. The van der Waals surface area contributed by atoms with E-state index in [-0.39, 0.29) is 24.8 Å². The Hall–Kier alpha value is -3.28. The number of nitrogens with one attached hydrogen (secondary N) is 2. The number of benzene rings is 2. The van der Waals surface area contributed by atoms with Gasteiger partial charge in [0.1, 0.15) is 5.75 Å². The first-order valence-electron chi connectivity index (χ1n) is 9.07. The number of H-pyrrole nitrogens is 1. The van der Waals surface area contributed by atoms with Crippen LogP contribution in [0.4, 0.5) is 11.4 Å². The first kappa shape index (κ1) is 17.1. The molecule has 0 bridgehead atoms. The van der Waals surface area contributed by atoms with Crippen molar-refractivity contribution < 1.29 is 14.3 Å². The van der Waals surface area contributed by atoms with E-state index < -0.39 is 0 Å². The predicted octanol–water partition coefficient (Wildman–Crippen LogP) is 3.48. The van der Waals surface area contributed by atoms with E-state index in [1.165, 1.54) is 0 Å². The Morgan fingerprint density at radius 1 is 1.26 bits per heavy atom. The molecule has 6 nitrogen and oxygen atoms in total. The van der Waals surface area contributed by atoms with Crippen molar-refractivity contribution in [3.8, 4) is 5.75 Å². The van der Waals surface area contributed by atoms with Gasteiger partial charge in [0.15, 0.2) is 6.61 Å². The van der Waals surface area contributed by atoms with Crippen molar-refractivity contribution in [3.05, 3.63) is 54.2 Å². The van der Waals surface area contributed by atoms with Gasteiger partial charge in [-0.05, 0) is 36.2 Å². The topological polar surface area (TPSA) is 74.4 Å². The highest BCUT2D eigenvalue weighted by molar-refractivity contribution is 6.00. The Labute approximate surface area is 157 Å². The molecule has 138 valence electrons. The number of anilines is 2. The summed E-state index contributed by atoms with van der Waals surface area (Å²) in [7, 11) is 0. The van der Waals surface area contributed by atoms with Crippen LogP contribution in [0.2, 0.25) is 0 Å². The lowest BCUT2D eigenvalue weighted by Gasteiger charge is -2.29. The molecule has 2 heterocycles. The minimum Gasteiger partial charge on any atom is -0.482 e. The van der Waals surface area contributed by atoms with Crippen molar-refractivity contribution in [2.24, 2.45) is 0 Å². The largest absolute Gasteiger partial charge is 0.482 e. The van der Waals surface area contributed by atoms with Crippen molar-refractivity contribution in [2.45, 2.75) is 19.8 Å². The standard InChI is InChI=1S/C21H21N3O3/c1-2-9-24-18-11-15(7-8-19(18)27-13-21(24)26)23-20(25)10-14-12-22-17-6-4-3-5-16(14)17/h3-8,11-12,22H,2,9-10,13H2,1H3,(H,23,25). The quantitative estimate of drug-likeness (QED) is 0.729. The first-order valence-corrected chi connectivity index (χ1v) is 9.07. The van der Waals surface area contributed by atoms with E-state index in [0.717, 1.165) is 22.9 Å². The summed E-state index contributed by atoms with van der Waals surface area (Å²) in [6.45, 7) is 2.70. The van der Waals surface area contributed by atoms with Crippen LogP contribution in [0.25, 0.3) is 10.9 Å². The van der Waals surface area contributed by atoms with Gasteiger partial charge in [0.25, 0.3) is 5.91 Å². The number of carbonyl (C=O) groups excluding carboxylic acids is 2. The number of amides is 2. The van der Waals surface area contributed by atoms with Gasteiger partial charge in [0.2, 0.25) is 5.91 Å². The molecule has 6 heteroatoms. The summed E-state index contributed by atoms with van der Waals surface area (Å²) in [5.41, 5.74) is 3.32. The number of hydrogen-bond donors (Lipinski definition) is 2. The number of aromatic amines is 1. The Morgan fingerprint density at radius 2 is 2.11 bits per heavy atom. The average molecular weight is 363 g/mol. The van der Waals surface area contributed by atoms with Gasteiger partial charge in [-0.1, -0.05) is 25.1 Å². The molecular formula is C21H21N3O3. The minimum atomic E-state index is -0.107. The Kier molecular flexibility index (Phi) is 4.54. The zero-order valence-electron chi connectivity index (χ0n) is 15.1. The molecule has 27 heavy (non-hydrogen) atoms. The Morgan fingerprint density at radius 3 is 2.96 bits per heavy atom. The van der Waals surface area contributed by atoms with Crippen LogP contribution in [0.15, 0.2) is 48.7 Å². The van der Waals surface area contributed by atoms with E-state index >= 15 is 0 Å². The van der Waals surface area contributed by atoms with E-state index in [0.29, 0.717) is 23.7 Å². The molecule has 0 saturated heterocycles. The van der Waals surface area contributed by atoms with Crippen LogP contribution in [-0.2, 0) is 16.0 Å². The molecule has 0 unspecified atom stereocenters. The second kappa shape index (κ2) is 7.15. The van der Waals surface area contributed by atoms with Crippen LogP contribution >= 0.6 is 0 Å². The lowest BCUT2D eigenvalue weighted by molar-refractivity contribution is -0.121. The van der Waals surface area contributed by atoms with Crippen molar-refractivity contribution in [2.75, 3.05) is 23.4 Å². The van der Waals surface area contributed by atoms with E-state index in [1.807, 2.05) is 37.4 Å². The molecule has 0 saturated carbocycles. The number of rotatable bonds is 5. The summed E-state index contributed by atoms with van der Waals surface area (Å²) in [6.07, 6.45) is 2.99. The lowest BCUT2D eigenvalue weighted by atomic mass is 10.1. The van der Waals surface area contributed by atoms with Gasteiger partial charge in [-0.25, -0.2) is 0 Å². The maximum absolute atomic E-state index is 12.5. The summed E-state index contributed by atoms with van der Waals surface area (Å²) in [5, 5.41) is 3.97. The maximum Gasteiger partial charge on any atom is 0.265 e. The van der Waals surface area contributed by atoms with Crippen LogP contribution in [0, 0.1) is 0 Å². The molecule has 0 fully saturated rings. The number of nitrogens with zero attached hydrogens (tertiary/aromatic N) is 1. The van der Waals surface area contributed by atoms with Crippen molar-refractivity contribution >= 4 is 34.1 Å². The summed E-state index contributed by atoms with van der Waals surface area (Å²) in [4.78, 5) is 29.6. The number of carbonyl (C=O) groups is 2. The molecule has 0 aliphatic carbocycles. The highest BCUT2D eigenvalue weighted by Crippen LogP contribution is 2.34. The number of fused-ring (bicyclic) bond motifs is 2. The predicted molar refractivity (Wildman–Crippen MR) is 105 cm³/mol. The van der Waals surface area contributed by atoms with E-state index in [9.17, 15) is 9.59 Å². The third-order valence-corrected chi connectivity index (χ3v) is 4.66. The third kappa shape index (κ3) is 3.38. The SMILES string of the molecule is CCCN1C(=O)COc2ccc(NC(=O)Cc3c[nH]c4ccccc34)cc21. The second-order valence-corrected chi connectivity index (χ2v) is 6.60. The molecular weight excluding hydrogens is 342 g/mol. The maximum atomic E-state index is 12.5. The number of para-hydroxylation sites is 1. The number of hydrogen-bond acceptors (Lipinski definition) is 3. The van der Waals surface area contributed by atoms with Gasteiger partial charge >= 0.3 is 0 Å². The molecule has 0 spiro atoms. The lowest BCUT2D eigenvalue weighted by Crippen LogP contribution is -2.39. The molecule has 2 N–H and O–H groups in total. The van der Waals surface area contributed by atoms with Crippen LogP contribution in [0.5, 0.6) is 5.75 Å². The van der Waals surface area contributed by atoms with E-state index in [4.69, 9.17) is 4.74 Å². The Balaban J connectivity index is 1.52. The highest BCUT2D eigenvalue weighted by Gasteiger charge is 2.25. The summed E-state index contributed by atoms with van der Waals surface area (Å²) < 4.78 is 5.50. The van der Waals surface area contributed by atoms with Gasteiger partial charge in [0.05, 0.1) is 12.1 Å². The van der Waals surface area contributed by atoms with Crippen molar-refractivity contribution in [3.63, 3.8) is 0 Å². The number of ether oxygens (including phenoxy) is 1. The minimum absolute atomic E-state index is 0.0548. The molecule has 1 aliphatic rings. The van der Waals surface area contributed by atoms with E-state index in [1.54, 1.807) is 23.1 Å². The monoisotopic (exact) mass is 363 g/mol.